The van der Waals surface area contributed by atoms with Crippen molar-refractivity contribution in [1.29, 1.82) is 0 Å². The molecule has 1 heterocycles. The Hall–Kier alpha value is -2.89. The van der Waals surface area contributed by atoms with E-state index >= 15 is 0 Å². The number of nitrogens with one attached hydrogen (secondary N) is 1. The van der Waals surface area contributed by atoms with Gasteiger partial charge in [-0.25, -0.2) is 0 Å². The van der Waals surface area contributed by atoms with E-state index in [9.17, 15) is 30.3 Å². The Morgan fingerprint density at radius 1 is 0.507 bits per heavy atom. The fourth-order valence-corrected chi connectivity index (χ4v) is 8.21. The number of unbranched alkanes of at least 4 members (excludes halogenated alkanes) is 22. The van der Waals surface area contributed by atoms with Crippen molar-refractivity contribution in [2.75, 3.05) is 13.2 Å². The van der Waals surface area contributed by atoms with E-state index in [1.807, 2.05) is 6.08 Å². The van der Waals surface area contributed by atoms with Crippen molar-refractivity contribution in [2.45, 2.75) is 262 Å². The molecule has 7 atom stereocenters. The Balaban J connectivity index is 2.32. The minimum absolute atomic E-state index is 0.213. The summed E-state index contributed by atoms with van der Waals surface area (Å²) in [6.07, 6.45) is 63.2. The van der Waals surface area contributed by atoms with Gasteiger partial charge in [0.15, 0.2) is 6.29 Å². The molecule has 69 heavy (non-hydrogen) atoms. The fourth-order valence-electron chi connectivity index (χ4n) is 8.21. The Bertz CT molecular complexity index is 1400. The van der Waals surface area contributed by atoms with Crippen LogP contribution in [0.3, 0.4) is 0 Å². The van der Waals surface area contributed by atoms with E-state index < -0.39 is 49.5 Å². The van der Waals surface area contributed by atoms with Crippen molar-refractivity contribution in [3.05, 3.63) is 97.2 Å². The van der Waals surface area contributed by atoms with Gasteiger partial charge in [0.2, 0.25) is 5.91 Å². The quantitative estimate of drug-likeness (QED) is 0.0261. The van der Waals surface area contributed by atoms with E-state index in [0.29, 0.717) is 6.42 Å². The molecular weight excluding hydrogens is 863 g/mol. The van der Waals surface area contributed by atoms with Crippen LogP contribution in [0.15, 0.2) is 97.2 Å². The summed E-state index contributed by atoms with van der Waals surface area (Å²) < 4.78 is 11.2. The highest BCUT2D eigenvalue weighted by Crippen LogP contribution is 2.23. The van der Waals surface area contributed by atoms with Crippen molar-refractivity contribution in [2.24, 2.45) is 0 Å². The summed E-state index contributed by atoms with van der Waals surface area (Å²) in [5, 5.41) is 54.4. The lowest BCUT2D eigenvalue weighted by molar-refractivity contribution is -0.302. The second kappa shape index (κ2) is 48.7. The van der Waals surface area contributed by atoms with Crippen molar-refractivity contribution in [3.8, 4) is 0 Å². The fraction of sp³-hybridized carbons (Fsp3) is 0.717. The largest absolute Gasteiger partial charge is 0.394 e. The lowest BCUT2D eigenvalue weighted by Crippen LogP contribution is -2.60. The number of allylic oxidation sites excluding steroid dienone is 15. The lowest BCUT2D eigenvalue weighted by Gasteiger charge is -2.40. The van der Waals surface area contributed by atoms with Gasteiger partial charge in [0.05, 0.1) is 25.4 Å². The van der Waals surface area contributed by atoms with E-state index in [1.54, 1.807) is 6.08 Å². The van der Waals surface area contributed by atoms with Crippen LogP contribution in [0.25, 0.3) is 0 Å². The van der Waals surface area contributed by atoms with Gasteiger partial charge in [0.1, 0.15) is 24.4 Å². The van der Waals surface area contributed by atoms with Crippen molar-refractivity contribution >= 4 is 5.91 Å². The number of ether oxygens (including phenoxy) is 2. The molecule has 0 spiro atoms. The maximum Gasteiger partial charge on any atom is 0.220 e. The minimum atomic E-state index is -1.58. The molecule has 0 saturated carbocycles. The molecule has 1 aliphatic rings. The Kier molecular flexibility index (Phi) is 45.3. The van der Waals surface area contributed by atoms with Crippen LogP contribution < -0.4 is 5.32 Å². The van der Waals surface area contributed by atoms with Crippen LogP contribution in [-0.4, -0.2) is 87.5 Å². The van der Waals surface area contributed by atoms with Gasteiger partial charge in [-0.15, -0.1) is 0 Å². The molecule has 7 unspecified atom stereocenters. The average Bonchev–Trinajstić information content (AvgIpc) is 3.35. The van der Waals surface area contributed by atoms with Crippen molar-refractivity contribution in [1.82, 2.24) is 5.32 Å². The summed E-state index contributed by atoms with van der Waals surface area (Å²) in [7, 11) is 0. The monoisotopic (exact) mass is 966 g/mol. The molecule has 0 aromatic rings. The van der Waals surface area contributed by atoms with Gasteiger partial charge in [-0.2, -0.15) is 0 Å². The lowest BCUT2D eigenvalue weighted by atomic mass is 9.99. The molecule has 1 saturated heterocycles. The van der Waals surface area contributed by atoms with E-state index in [0.717, 1.165) is 103 Å². The zero-order chi connectivity index (χ0) is 50.1. The number of hydrogen-bond acceptors (Lipinski definition) is 8. The predicted molar refractivity (Wildman–Crippen MR) is 290 cm³/mol. The molecule has 9 heteroatoms. The number of rotatable bonds is 46. The first-order valence-electron chi connectivity index (χ1n) is 28.0. The number of hydrogen-bond donors (Lipinski definition) is 6. The highest BCUT2D eigenvalue weighted by atomic mass is 16.7. The van der Waals surface area contributed by atoms with Gasteiger partial charge >= 0.3 is 0 Å². The smallest absolute Gasteiger partial charge is 0.220 e. The Morgan fingerprint density at radius 3 is 1.39 bits per heavy atom. The average molecular weight is 966 g/mol. The molecule has 1 amide bonds. The first-order valence-corrected chi connectivity index (χ1v) is 28.0. The molecule has 0 bridgehead atoms. The molecule has 1 fully saturated rings. The summed E-state index contributed by atoms with van der Waals surface area (Å²) in [6, 6.07) is -0.846. The molecule has 396 valence electrons. The SMILES string of the molecule is CC/C=C\C/C=C\C/C=C\C/C=C\C/C=C\CCCCCCCC(=O)NC(COC1OC(CO)C(O)C(O)C1O)C(O)/C=C/CC/C=C/CC/C=C/CCCCCCCCCCCCCCCCC. The zero-order valence-electron chi connectivity index (χ0n) is 43.8. The van der Waals surface area contributed by atoms with Crippen molar-refractivity contribution < 1.29 is 39.8 Å². The Labute approximate surface area is 422 Å². The van der Waals surface area contributed by atoms with E-state index in [-0.39, 0.29) is 12.5 Å². The first kappa shape index (κ1) is 64.1. The van der Waals surface area contributed by atoms with E-state index in [2.05, 4.69) is 104 Å². The second-order valence-electron chi connectivity index (χ2n) is 19.0. The van der Waals surface area contributed by atoms with Crippen LogP contribution in [0.1, 0.15) is 219 Å². The third kappa shape index (κ3) is 38.5. The van der Waals surface area contributed by atoms with E-state index in [1.165, 1.54) is 96.3 Å². The second-order valence-corrected chi connectivity index (χ2v) is 19.0. The molecular formula is C60H103NO8. The van der Waals surface area contributed by atoms with Gasteiger partial charge in [-0.1, -0.05) is 220 Å². The number of amides is 1. The van der Waals surface area contributed by atoms with Gasteiger partial charge < -0.3 is 40.3 Å². The molecule has 6 N–H and O–H groups in total. The minimum Gasteiger partial charge on any atom is -0.394 e. The first-order chi connectivity index (χ1) is 33.8. The molecule has 1 aliphatic heterocycles. The normalized spacial score (nSPS) is 20.2. The molecule has 0 aromatic heterocycles. The van der Waals surface area contributed by atoms with Crippen molar-refractivity contribution in [3.63, 3.8) is 0 Å². The molecule has 0 aliphatic carbocycles. The highest BCUT2D eigenvalue weighted by Gasteiger charge is 2.44. The van der Waals surface area contributed by atoms with Crippen LogP contribution in [-0.2, 0) is 14.3 Å². The summed E-state index contributed by atoms with van der Waals surface area (Å²) in [5.74, 6) is -0.213. The van der Waals surface area contributed by atoms with Crippen LogP contribution >= 0.6 is 0 Å². The van der Waals surface area contributed by atoms with E-state index in [4.69, 9.17) is 9.47 Å². The van der Waals surface area contributed by atoms with Gasteiger partial charge in [-0.3, -0.25) is 4.79 Å². The number of carbonyl (C=O) groups excluding carboxylic acids is 1. The standard InChI is InChI=1S/C60H103NO8/c1-3-5-7-9-11-13-15-17-19-21-23-25-26-27-28-30-31-33-35-37-39-41-43-45-47-49-54(63)53(52-68-60-59(67)58(66)57(65)55(51-62)69-60)61-56(64)50-48-46-44-42-40-38-36-34-32-29-24-22-20-18-16-14-12-10-8-6-4-2/h6,8,12,14,18,20,24,29,31,33-34,36,39,41,47,49,53-55,57-60,62-63,65-67H,3-5,7,9-11,13,15-17,19,21-23,25-28,30,32,35,37-38,40,42-46,48,50-52H2,1-2H3,(H,61,64)/b8-6-,14-12-,20-18-,29-24-,33-31+,36-34-,41-39+,49-47+. The van der Waals surface area contributed by atoms with Crippen LogP contribution in [0.5, 0.6) is 0 Å². The summed E-state index contributed by atoms with van der Waals surface area (Å²) >= 11 is 0. The summed E-state index contributed by atoms with van der Waals surface area (Å²) in [6.45, 7) is 3.63. The zero-order valence-corrected chi connectivity index (χ0v) is 43.8. The number of aliphatic hydroxyl groups is 5. The predicted octanol–water partition coefficient (Wildman–Crippen LogP) is 13.6. The summed E-state index contributed by atoms with van der Waals surface area (Å²) in [4.78, 5) is 13.0. The topological polar surface area (TPSA) is 149 Å². The molecule has 0 aromatic carbocycles. The van der Waals surface area contributed by atoms with Crippen LogP contribution in [0, 0.1) is 0 Å². The Morgan fingerprint density at radius 2 is 0.913 bits per heavy atom. The van der Waals surface area contributed by atoms with Gasteiger partial charge in [-0.05, 0) is 89.9 Å². The molecule has 9 nitrogen and oxygen atoms in total. The number of carbonyl (C=O) groups is 1. The van der Waals surface area contributed by atoms with Gasteiger partial charge in [0.25, 0.3) is 0 Å². The maximum atomic E-state index is 13.0. The third-order valence-electron chi connectivity index (χ3n) is 12.6. The highest BCUT2D eigenvalue weighted by molar-refractivity contribution is 5.76. The number of aliphatic hydroxyl groups excluding tert-OH is 5. The summed E-state index contributed by atoms with van der Waals surface area (Å²) in [5.41, 5.74) is 0. The molecule has 0 radical (unpaired) electrons. The van der Waals surface area contributed by atoms with Gasteiger partial charge in [0, 0.05) is 6.42 Å². The molecule has 1 rings (SSSR count). The van der Waals surface area contributed by atoms with Crippen LogP contribution in [0.4, 0.5) is 0 Å². The third-order valence-corrected chi connectivity index (χ3v) is 12.6. The maximum absolute atomic E-state index is 13.0. The van der Waals surface area contributed by atoms with Crippen LogP contribution in [0.2, 0.25) is 0 Å².